The van der Waals surface area contributed by atoms with E-state index in [0.717, 1.165) is 5.56 Å². The van der Waals surface area contributed by atoms with Crippen LogP contribution in [0.4, 0.5) is 0 Å². The molecule has 0 fully saturated rings. The van der Waals surface area contributed by atoms with Crippen molar-refractivity contribution in [2.24, 2.45) is 5.73 Å². The van der Waals surface area contributed by atoms with Crippen LogP contribution in [0, 0.1) is 0 Å². The van der Waals surface area contributed by atoms with Crippen molar-refractivity contribution in [2.45, 2.75) is 25.8 Å². The third kappa shape index (κ3) is 3.17. The fourth-order valence-electron chi connectivity index (χ4n) is 1.24. The zero-order valence-corrected chi connectivity index (χ0v) is 9.55. The maximum Gasteiger partial charge on any atom is 0.0478 e. The van der Waals surface area contributed by atoms with Crippen molar-refractivity contribution < 1.29 is 0 Å². The number of hydrogen-bond acceptors (Lipinski definition) is 1. The Kier molecular flexibility index (Phi) is 5.51. The van der Waals surface area contributed by atoms with E-state index in [9.17, 15) is 0 Å². The molecule has 1 nitrogen and oxygen atoms in total. The second kappa shape index (κ2) is 5.84. The van der Waals surface area contributed by atoms with Crippen LogP contribution in [-0.4, -0.2) is 0 Å². The number of benzene rings is 1. The Bertz CT molecular complexity index is 277. The Morgan fingerprint density at radius 1 is 1.14 bits per heavy atom. The molecule has 1 aromatic carbocycles. The summed E-state index contributed by atoms with van der Waals surface area (Å²) in [5.74, 6) is 0.578. The minimum Gasteiger partial charge on any atom is -0.321 e. The van der Waals surface area contributed by atoms with E-state index in [4.69, 9.17) is 5.73 Å². The highest BCUT2D eigenvalue weighted by Gasteiger charge is 2.02. The average Bonchev–Trinajstić information content (AvgIpc) is 2.17. The summed E-state index contributed by atoms with van der Waals surface area (Å²) in [5.41, 5.74) is 8.27. The molecule has 0 aromatic heterocycles. The standard InChI is InChI=1S/C12H17N.ClH/c1-4-12(13)11-7-5-10(6-8-11)9(2)3;/h4-9,12H,1,13H2,2-3H3;1H/t12-;/m0./s1. The van der Waals surface area contributed by atoms with Gasteiger partial charge in [-0.05, 0) is 17.0 Å². The number of nitrogens with two attached hydrogens (primary N) is 1. The molecule has 78 valence electrons. The second-order valence-corrected chi connectivity index (χ2v) is 3.58. The topological polar surface area (TPSA) is 26.0 Å². The fraction of sp³-hybridized carbons (Fsp3) is 0.333. The van der Waals surface area contributed by atoms with Crippen LogP contribution in [0.2, 0.25) is 0 Å². The fourth-order valence-corrected chi connectivity index (χ4v) is 1.24. The van der Waals surface area contributed by atoms with Gasteiger partial charge in [0.05, 0.1) is 0 Å². The van der Waals surface area contributed by atoms with Gasteiger partial charge < -0.3 is 5.73 Å². The molecule has 0 saturated carbocycles. The zero-order valence-electron chi connectivity index (χ0n) is 8.73. The van der Waals surface area contributed by atoms with Crippen LogP contribution in [0.25, 0.3) is 0 Å². The molecule has 0 aliphatic carbocycles. The van der Waals surface area contributed by atoms with Gasteiger partial charge in [0, 0.05) is 6.04 Å². The summed E-state index contributed by atoms with van der Waals surface area (Å²) in [6, 6.07) is 8.36. The molecule has 1 aromatic rings. The first-order valence-electron chi connectivity index (χ1n) is 4.63. The van der Waals surface area contributed by atoms with Crippen LogP contribution in [0.15, 0.2) is 36.9 Å². The molecule has 0 spiro atoms. The maximum atomic E-state index is 5.80. The molecular formula is C12H18ClN. The molecule has 0 saturated heterocycles. The van der Waals surface area contributed by atoms with Crippen LogP contribution in [0.1, 0.15) is 36.9 Å². The Balaban J connectivity index is 0.00000169. The Hall–Kier alpha value is -0.790. The average molecular weight is 212 g/mol. The minimum absolute atomic E-state index is 0. The Morgan fingerprint density at radius 2 is 1.57 bits per heavy atom. The lowest BCUT2D eigenvalue weighted by molar-refractivity contribution is 0.858. The van der Waals surface area contributed by atoms with Gasteiger partial charge in [-0.25, -0.2) is 0 Å². The van der Waals surface area contributed by atoms with Crippen LogP contribution in [-0.2, 0) is 0 Å². The van der Waals surface area contributed by atoms with Crippen LogP contribution >= 0.6 is 12.4 Å². The van der Waals surface area contributed by atoms with E-state index in [2.05, 4.69) is 44.7 Å². The molecule has 2 N–H and O–H groups in total. The summed E-state index contributed by atoms with van der Waals surface area (Å²) in [5, 5.41) is 0. The first-order chi connectivity index (χ1) is 6.15. The summed E-state index contributed by atoms with van der Waals surface area (Å²) in [7, 11) is 0. The normalized spacial score (nSPS) is 12.0. The highest BCUT2D eigenvalue weighted by atomic mass is 35.5. The van der Waals surface area contributed by atoms with Crippen molar-refractivity contribution in [3.05, 3.63) is 48.0 Å². The zero-order chi connectivity index (χ0) is 9.84. The van der Waals surface area contributed by atoms with E-state index < -0.39 is 0 Å². The highest BCUT2D eigenvalue weighted by molar-refractivity contribution is 5.85. The molecule has 0 amide bonds. The Morgan fingerprint density at radius 3 is 1.93 bits per heavy atom. The molecule has 1 rings (SSSR count). The lowest BCUT2D eigenvalue weighted by Gasteiger charge is -2.09. The van der Waals surface area contributed by atoms with Crippen molar-refractivity contribution in [3.63, 3.8) is 0 Å². The summed E-state index contributed by atoms with van der Waals surface area (Å²) in [6.07, 6.45) is 1.75. The maximum absolute atomic E-state index is 5.80. The third-order valence-electron chi connectivity index (χ3n) is 2.24. The van der Waals surface area contributed by atoms with Crippen LogP contribution in [0.5, 0.6) is 0 Å². The Labute approximate surface area is 92.4 Å². The number of hydrogen-bond donors (Lipinski definition) is 1. The van der Waals surface area contributed by atoms with Gasteiger partial charge in [0.15, 0.2) is 0 Å². The summed E-state index contributed by atoms with van der Waals surface area (Å²) < 4.78 is 0. The van der Waals surface area contributed by atoms with Gasteiger partial charge in [-0.3, -0.25) is 0 Å². The molecule has 2 heteroatoms. The molecule has 0 heterocycles. The highest BCUT2D eigenvalue weighted by Crippen LogP contribution is 2.17. The van der Waals surface area contributed by atoms with E-state index in [-0.39, 0.29) is 18.4 Å². The van der Waals surface area contributed by atoms with Gasteiger partial charge in [0.2, 0.25) is 0 Å². The van der Waals surface area contributed by atoms with Crippen LogP contribution in [0.3, 0.4) is 0 Å². The van der Waals surface area contributed by atoms with E-state index in [0.29, 0.717) is 5.92 Å². The molecule has 14 heavy (non-hydrogen) atoms. The molecule has 0 aliphatic heterocycles. The lowest BCUT2D eigenvalue weighted by atomic mass is 9.99. The van der Waals surface area contributed by atoms with E-state index in [1.165, 1.54) is 5.56 Å². The van der Waals surface area contributed by atoms with E-state index in [1.807, 2.05) is 0 Å². The number of halogens is 1. The largest absolute Gasteiger partial charge is 0.321 e. The van der Waals surface area contributed by atoms with Crippen molar-refractivity contribution in [3.8, 4) is 0 Å². The molecule has 0 aliphatic rings. The van der Waals surface area contributed by atoms with Gasteiger partial charge in [-0.1, -0.05) is 44.2 Å². The molecule has 0 bridgehead atoms. The summed E-state index contributed by atoms with van der Waals surface area (Å²) in [4.78, 5) is 0. The first-order valence-corrected chi connectivity index (χ1v) is 4.63. The summed E-state index contributed by atoms with van der Waals surface area (Å²) in [6.45, 7) is 8.04. The quantitative estimate of drug-likeness (QED) is 0.762. The van der Waals surface area contributed by atoms with Crippen molar-refractivity contribution >= 4 is 12.4 Å². The first kappa shape index (κ1) is 13.2. The number of rotatable bonds is 3. The molecule has 0 radical (unpaired) electrons. The second-order valence-electron chi connectivity index (χ2n) is 3.58. The van der Waals surface area contributed by atoms with E-state index >= 15 is 0 Å². The van der Waals surface area contributed by atoms with Crippen molar-refractivity contribution in [2.75, 3.05) is 0 Å². The predicted molar refractivity (Wildman–Crippen MR) is 64.9 cm³/mol. The van der Waals surface area contributed by atoms with Crippen LogP contribution < -0.4 is 5.73 Å². The smallest absolute Gasteiger partial charge is 0.0478 e. The van der Waals surface area contributed by atoms with Gasteiger partial charge >= 0.3 is 0 Å². The molecule has 1 atom stereocenters. The van der Waals surface area contributed by atoms with Crippen molar-refractivity contribution in [1.82, 2.24) is 0 Å². The van der Waals surface area contributed by atoms with Gasteiger partial charge in [0.25, 0.3) is 0 Å². The van der Waals surface area contributed by atoms with E-state index in [1.54, 1.807) is 6.08 Å². The van der Waals surface area contributed by atoms with Gasteiger partial charge in [-0.15, -0.1) is 19.0 Å². The van der Waals surface area contributed by atoms with Gasteiger partial charge in [-0.2, -0.15) is 0 Å². The summed E-state index contributed by atoms with van der Waals surface area (Å²) >= 11 is 0. The van der Waals surface area contributed by atoms with Gasteiger partial charge in [0.1, 0.15) is 0 Å². The lowest BCUT2D eigenvalue weighted by Crippen LogP contribution is -2.06. The SMILES string of the molecule is C=C[C@H](N)c1ccc(C(C)C)cc1.Cl. The van der Waals surface area contributed by atoms with Crippen molar-refractivity contribution in [1.29, 1.82) is 0 Å². The third-order valence-corrected chi connectivity index (χ3v) is 2.24. The molecule has 0 unspecified atom stereocenters. The predicted octanol–water partition coefficient (Wildman–Crippen LogP) is 3.42. The molecular weight excluding hydrogens is 194 g/mol. The monoisotopic (exact) mass is 211 g/mol. The minimum atomic E-state index is -0.0405.